The van der Waals surface area contributed by atoms with Crippen molar-refractivity contribution in [1.29, 1.82) is 0 Å². The van der Waals surface area contributed by atoms with Gasteiger partial charge in [0.05, 0.1) is 0 Å². The van der Waals surface area contributed by atoms with Gasteiger partial charge < -0.3 is 14.2 Å². The molecule has 0 aromatic carbocycles. The highest BCUT2D eigenvalue weighted by molar-refractivity contribution is 5.71. The zero-order chi connectivity index (χ0) is 55.7. The molecule has 6 nitrogen and oxygen atoms in total. The van der Waals surface area contributed by atoms with E-state index in [-0.39, 0.29) is 31.6 Å². The second kappa shape index (κ2) is 64.1. The van der Waals surface area contributed by atoms with E-state index in [1.54, 1.807) is 0 Å². The van der Waals surface area contributed by atoms with Gasteiger partial charge in [-0.1, -0.05) is 270 Å². The lowest BCUT2D eigenvalue weighted by Crippen LogP contribution is -2.30. The molecule has 77 heavy (non-hydrogen) atoms. The zero-order valence-electron chi connectivity index (χ0n) is 49.9. The van der Waals surface area contributed by atoms with Crippen molar-refractivity contribution in [2.75, 3.05) is 13.2 Å². The minimum atomic E-state index is -0.829. The van der Waals surface area contributed by atoms with Crippen LogP contribution in [-0.2, 0) is 28.6 Å². The summed E-state index contributed by atoms with van der Waals surface area (Å²) in [6, 6.07) is 0. The number of hydrogen-bond acceptors (Lipinski definition) is 6. The highest BCUT2D eigenvalue weighted by Gasteiger charge is 2.19. The van der Waals surface area contributed by atoms with E-state index >= 15 is 0 Å². The van der Waals surface area contributed by atoms with Crippen LogP contribution in [0, 0.1) is 0 Å². The average molecular weight is 1070 g/mol. The third kappa shape index (κ3) is 62.3. The first-order valence-corrected chi connectivity index (χ1v) is 31.7. The molecular weight excluding hydrogens is 949 g/mol. The summed E-state index contributed by atoms with van der Waals surface area (Å²) in [5, 5.41) is 0. The van der Waals surface area contributed by atoms with Gasteiger partial charge in [0.15, 0.2) is 6.10 Å². The standard InChI is InChI=1S/C71H116O6/c1-4-7-10-13-16-19-22-25-28-31-34-35-38-40-43-46-49-52-55-58-61-64-70(73)76-67-68(77-71(74)65-62-59-56-53-50-47-44-41-37-33-30-27-24-21-18-15-12-9-6-3)66-75-69(72)63-60-57-54-51-48-45-42-39-36-32-29-26-23-20-17-14-11-8-5-2/h7,9-10,12,16,18-19,21,25-30,34-35,37,41,47,50,56,59,68H,4-6,8,11,13-15,17,20,22-24,31-33,36,38-40,42-46,48-49,51-55,57-58,60-67H2,1-3H3/b10-7-,12-9-,19-16-,21-18-,28-25-,29-26-,30-27-,35-34-,41-37-,50-47-,59-56-. The summed E-state index contributed by atoms with van der Waals surface area (Å²) >= 11 is 0. The maximum absolute atomic E-state index is 12.9. The van der Waals surface area contributed by atoms with Crippen molar-refractivity contribution in [3.8, 4) is 0 Å². The molecule has 0 saturated heterocycles. The number of carbonyl (C=O) groups is 3. The van der Waals surface area contributed by atoms with Crippen LogP contribution in [0.2, 0.25) is 0 Å². The van der Waals surface area contributed by atoms with Gasteiger partial charge in [0, 0.05) is 19.3 Å². The van der Waals surface area contributed by atoms with E-state index in [0.717, 1.165) is 109 Å². The monoisotopic (exact) mass is 1060 g/mol. The molecular formula is C71H116O6. The highest BCUT2D eigenvalue weighted by Crippen LogP contribution is 2.15. The first-order valence-electron chi connectivity index (χ1n) is 31.7. The molecule has 1 unspecified atom stereocenters. The zero-order valence-corrected chi connectivity index (χ0v) is 49.9. The summed E-state index contributed by atoms with van der Waals surface area (Å²) in [4.78, 5) is 38.3. The molecule has 0 saturated carbocycles. The first kappa shape index (κ1) is 72.5. The molecule has 0 heterocycles. The Hall–Kier alpha value is -4.45. The van der Waals surface area contributed by atoms with Gasteiger partial charge in [-0.2, -0.15) is 0 Å². The number of ether oxygens (including phenoxy) is 3. The third-order valence-electron chi connectivity index (χ3n) is 13.1. The van der Waals surface area contributed by atoms with Gasteiger partial charge in [0.1, 0.15) is 13.2 Å². The number of rotatable bonds is 56. The lowest BCUT2D eigenvalue weighted by molar-refractivity contribution is -0.166. The second-order valence-electron chi connectivity index (χ2n) is 20.5. The Labute approximate surface area is 475 Å². The van der Waals surface area contributed by atoms with Gasteiger partial charge in [-0.05, 0) is 122 Å². The van der Waals surface area contributed by atoms with Gasteiger partial charge in [0.25, 0.3) is 0 Å². The molecule has 6 heteroatoms. The molecule has 0 aliphatic carbocycles. The number of carbonyl (C=O) groups excluding carboxylic acids is 3. The van der Waals surface area contributed by atoms with Crippen LogP contribution in [0.25, 0.3) is 0 Å². The van der Waals surface area contributed by atoms with Crippen molar-refractivity contribution in [2.45, 2.75) is 284 Å². The van der Waals surface area contributed by atoms with E-state index < -0.39 is 12.1 Å². The molecule has 0 aromatic rings. The number of esters is 3. The fraction of sp³-hybridized carbons (Fsp3) is 0.648. The van der Waals surface area contributed by atoms with Crippen molar-refractivity contribution in [2.24, 2.45) is 0 Å². The van der Waals surface area contributed by atoms with Gasteiger partial charge >= 0.3 is 17.9 Å². The Bertz CT molecular complexity index is 1650. The molecule has 0 rings (SSSR count). The van der Waals surface area contributed by atoms with Gasteiger partial charge in [-0.25, -0.2) is 0 Å². The van der Waals surface area contributed by atoms with Crippen molar-refractivity contribution < 1.29 is 28.6 Å². The fourth-order valence-electron chi connectivity index (χ4n) is 8.45. The second-order valence-corrected chi connectivity index (χ2v) is 20.5. The van der Waals surface area contributed by atoms with Crippen LogP contribution in [0.15, 0.2) is 134 Å². The van der Waals surface area contributed by atoms with E-state index in [1.165, 1.54) is 122 Å². The molecule has 436 valence electrons. The maximum Gasteiger partial charge on any atom is 0.306 e. The van der Waals surface area contributed by atoms with Crippen molar-refractivity contribution in [3.63, 3.8) is 0 Å². The molecule has 0 fully saturated rings. The highest BCUT2D eigenvalue weighted by atomic mass is 16.6. The van der Waals surface area contributed by atoms with Crippen LogP contribution >= 0.6 is 0 Å². The normalized spacial score (nSPS) is 13.0. The topological polar surface area (TPSA) is 78.9 Å². The quantitative estimate of drug-likeness (QED) is 0.0261. The number of allylic oxidation sites excluding steroid dienone is 22. The Kier molecular flexibility index (Phi) is 60.4. The summed E-state index contributed by atoms with van der Waals surface area (Å²) in [5.41, 5.74) is 0. The lowest BCUT2D eigenvalue weighted by Gasteiger charge is -2.18. The number of unbranched alkanes of at least 4 members (excludes halogenated alkanes) is 23. The van der Waals surface area contributed by atoms with E-state index in [0.29, 0.717) is 19.3 Å². The fourth-order valence-corrected chi connectivity index (χ4v) is 8.45. The molecule has 0 bridgehead atoms. The van der Waals surface area contributed by atoms with Crippen LogP contribution in [0.3, 0.4) is 0 Å². The summed E-state index contributed by atoms with van der Waals surface area (Å²) in [6.07, 6.45) is 90.3. The van der Waals surface area contributed by atoms with Crippen LogP contribution in [0.4, 0.5) is 0 Å². The Morgan fingerprint density at radius 2 is 0.532 bits per heavy atom. The number of hydrogen-bond donors (Lipinski definition) is 0. The minimum absolute atomic E-state index is 0.115. The summed E-state index contributed by atoms with van der Waals surface area (Å²) < 4.78 is 16.9. The van der Waals surface area contributed by atoms with Gasteiger partial charge in [-0.15, -0.1) is 0 Å². The van der Waals surface area contributed by atoms with Gasteiger partial charge in [0.2, 0.25) is 0 Å². The van der Waals surface area contributed by atoms with E-state index in [9.17, 15) is 14.4 Å². The first-order chi connectivity index (χ1) is 38.0. The largest absolute Gasteiger partial charge is 0.462 e. The van der Waals surface area contributed by atoms with E-state index in [4.69, 9.17) is 14.2 Å². The van der Waals surface area contributed by atoms with Crippen molar-refractivity contribution in [1.82, 2.24) is 0 Å². The van der Waals surface area contributed by atoms with E-state index in [1.807, 2.05) is 6.08 Å². The summed E-state index contributed by atoms with van der Waals surface area (Å²) in [7, 11) is 0. The smallest absolute Gasteiger partial charge is 0.306 e. The molecule has 0 radical (unpaired) electrons. The molecule has 0 N–H and O–H groups in total. The van der Waals surface area contributed by atoms with Crippen molar-refractivity contribution >= 4 is 17.9 Å². The molecule has 0 aliphatic rings. The summed E-state index contributed by atoms with van der Waals surface area (Å²) in [6.45, 7) is 6.35. The van der Waals surface area contributed by atoms with Crippen LogP contribution in [0.1, 0.15) is 278 Å². The Morgan fingerprint density at radius 3 is 0.857 bits per heavy atom. The molecule has 0 aromatic heterocycles. The van der Waals surface area contributed by atoms with Crippen molar-refractivity contribution in [3.05, 3.63) is 134 Å². The lowest BCUT2D eigenvalue weighted by atomic mass is 10.1. The molecule has 1 atom stereocenters. The SMILES string of the molecule is CC/C=C\C/C=C\C/C=C\C/C=C\C/C=C\C/C=C\CCC(=O)OC(COC(=O)CCCCCCCCCC/C=C\C/C=C\C/C=C\C/C=C\CC)COC(=O)CCCCCCCCCCC/C=C\CCCCCCCC. The van der Waals surface area contributed by atoms with Crippen LogP contribution < -0.4 is 0 Å². The molecule has 0 amide bonds. The predicted molar refractivity (Wildman–Crippen MR) is 334 cm³/mol. The average Bonchev–Trinajstić information content (AvgIpc) is 3.43. The van der Waals surface area contributed by atoms with Crippen LogP contribution in [-0.4, -0.2) is 37.2 Å². The molecule has 0 spiro atoms. The Morgan fingerprint density at radius 1 is 0.273 bits per heavy atom. The van der Waals surface area contributed by atoms with E-state index in [2.05, 4.69) is 148 Å². The van der Waals surface area contributed by atoms with Gasteiger partial charge in [-0.3, -0.25) is 14.4 Å². The molecule has 0 aliphatic heterocycles. The predicted octanol–water partition coefficient (Wildman–Crippen LogP) is 21.8. The maximum atomic E-state index is 12.9. The Balaban J connectivity index is 4.51. The van der Waals surface area contributed by atoms with Crippen LogP contribution in [0.5, 0.6) is 0 Å². The minimum Gasteiger partial charge on any atom is -0.462 e. The summed E-state index contributed by atoms with van der Waals surface area (Å²) in [5.74, 6) is -1.01. The third-order valence-corrected chi connectivity index (χ3v) is 13.1.